The lowest BCUT2D eigenvalue weighted by Gasteiger charge is -2.19. The molecule has 0 aliphatic carbocycles. The Morgan fingerprint density at radius 2 is 1.75 bits per heavy atom. The zero-order chi connectivity index (χ0) is 29.1. The third-order valence-electron chi connectivity index (χ3n) is 7.00. The Labute approximate surface area is 229 Å². The van der Waals surface area contributed by atoms with E-state index in [0.717, 1.165) is 30.3 Å². The first-order chi connectivity index (χ1) is 18.8. The van der Waals surface area contributed by atoms with Gasteiger partial charge in [0.1, 0.15) is 0 Å². The van der Waals surface area contributed by atoms with Crippen LogP contribution in [0.25, 0.3) is 5.69 Å². The molecule has 1 N–H and O–H groups in total. The number of alkyl halides is 6. The average molecular weight is 567 g/mol. The lowest BCUT2D eigenvalue weighted by Crippen LogP contribution is -2.31. The van der Waals surface area contributed by atoms with Crippen LogP contribution in [-0.4, -0.2) is 46.8 Å². The van der Waals surface area contributed by atoms with Crippen LogP contribution in [-0.2, 0) is 25.2 Å². The van der Waals surface area contributed by atoms with Crippen LogP contribution in [0.3, 0.4) is 0 Å². The average Bonchev–Trinajstić information content (AvgIpc) is 3.52. The van der Waals surface area contributed by atoms with E-state index in [-0.39, 0.29) is 36.4 Å². The molecule has 5 nitrogen and oxygen atoms in total. The molecule has 0 spiro atoms. The first kappa shape index (κ1) is 29.6. The van der Waals surface area contributed by atoms with Gasteiger partial charge in [-0.2, -0.15) is 31.4 Å². The van der Waals surface area contributed by atoms with Crippen LogP contribution < -0.4 is 5.32 Å². The Morgan fingerprint density at radius 3 is 2.40 bits per heavy atom. The van der Waals surface area contributed by atoms with Gasteiger partial charge in [-0.3, -0.25) is 4.79 Å². The lowest BCUT2D eigenvalue weighted by molar-refractivity contribution is -0.143. The second kappa shape index (κ2) is 12.0. The number of nitrogens with one attached hydrogen (secondary N) is 1. The molecule has 3 aromatic rings. The quantitative estimate of drug-likeness (QED) is 0.305. The number of likely N-dealkylation sites (tertiary alicyclic amines) is 1. The Hall–Kier alpha value is -3.34. The largest absolute Gasteiger partial charge is 0.416 e. The molecule has 4 rings (SSSR count). The number of carbonyl (C=O) groups excluding carboxylic acids is 1. The van der Waals surface area contributed by atoms with Crippen molar-refractivity contribution in [1.29, 1.82) is 0 Å². The summed E-state index contributed by atoms with van der Waals surface area (Å²) >= 11 is 0. The highest BCUT2D eigenvalue weighted by molar-refractivity contribution is 5.92. The van der Waals surface area contributed by atoms with Gasteiger partial charge in [0, 0.05) is 25.3 Å². The van der Waals surface area contributed by atoms with Crippen molar-refractivity contribution in [3.63, 3.8) is 0 Å². The zero-order valence-electron chi connectivity index (χ0n) is 22.3. The van der Waals surface area contributed by atoms with E-state index < -0.39 is 23.5 Å². The van der Waals surface area contributed by atoms with Crippen LogP contribution >= 0.6 is 0 Å². The Kier molecular flexibility index (Phi) is 8.92. The number of hydrogen-bond donors (Lipinski definition) is 1. The fourth-order valence-corrected chi connectivity index (χ4v) is 5.01. The molecule has 1 aliphatic heterocycles. The summed E-state index contributed by atoms with van der Waals surface area (Å²) in [6, 6.07) is 13.2. The van der Waals surface area contributed by atoms with E-state index in [1.54, 1.807) is 10.7 Å². The van der Waals surface area contributed by atoms with Gasteiger partial charge in [0.05, 0.1) is 16.8 Å². The van der Waals surface area contributed by atoms with Crippen LogP contribution in [0.2, 0.25) is 0 Å². The first-order valence-electron chi connectivity index (χ1n) is 13.2. The second-order valence-corrected chi connectivity index (χ2v) is 10.6. The monoisotopic (exact) mass is 566 g/mol. The van der Waals surface area contributed by atoms with Crippen molar-refractivity contribution < 1.29 is 31.1 Å². The molecule has 0 bridgehead atoms. The van der Waals surface area contributed by atoms with Crippen LogP contribution in [0, 0.1) is 11.8 Å². The maximum absolute atomic E-state index is 13.5. The fraction of sp³-hybridized carbons (Fsp3) is 0.448. The van der Waals surface area contributed by atoms with E-state index in [4.69, 9.17) is 0 Å². The molecule has 11 heteroatoms. The minimum absolute atomic E-state index is 0.0262. The van der Waals surface area contributed by atoms with E-state index in [0.29, 0.717) is 37.3 Å². The number of rotatable bonds is 9. The standard InChI is InChI=1S/C29H32F6N4O/c1-19(2)14-24-16-26(37-39(24)23-6-4-3-5-7-23)27(40)36-17-20-10-12-38(18-20)13-11-21-8-9-22(28(30,31)32)15-25(21)29(33,34)35/h3-9,15-16,19-20H,10-14,17-18H2,1-2H3,(H,36,40)/t20-/m1/s1. The Morgan fingerprint density at radius 1 is 1.02 bits per heavy atom. The molecule has 0 radical (unpaired) electrons. The highest BCUT2D eigenvalue weighted by atomic mass is 19.4. The predicted octanol–water partition coefficient (Wildman–Crippen LogP) is 6.40. The van der Waals surface area contributed by atoms with Crippen molar-refractivity contribution in [2.24, 2.45) is 11.8 Å². The second-order valence-electron chi connectivity index (χ2n) is 10.6. The molecule has 1 aliphatic rings. The number of halogens is 6. The number of aromatic nitrogens is 2. The Balaban J connectivity index is 1.34. The van der Waals surface area contributed by atoms with E-state index >= 15 is 0 Å². The molecule has 216 valence electrons. The summed E-state index contributed by atoms with van der Waals surface area (Å²) in [7, 11) is 0. The van der Waals surface area contributed by atoms with Crippen LogP contribution in [0.4, 0.5) is 26.3 Å². The predicted molar refractivity (Wildman–Crippen MR) is 139 cm³/mol. The normalized spacial score (nSPS) is 16.6. The first-order valence-corrected chi connectivity index (χ1v) is 13.2. The van der Waals surface area contributed by atoms with Gasteiger partial charge in [0.25, 0.3) is 5.91 Å². The van der Waals surface area contributed by atoms with Gasteiger partial charge in [0.15, 0.2) is 5.69 Å². The van der Waals surface area contributed by atoms with E-state index in [9.17, 15) is 31.1 Å². The summed E-state index contributed by atoms with van der Waals surface area (Å²) < 4.78 is 81.0. The molecule has 1 amide bonds. The highest BCUT2D eigenvalue weighted by Crippen LogP contribution is 2.37. The van der Waals surface area contributed by atoms with Crippen molar-refractivity contribution in [3.8, 4) is 5.69 Å². The van der Waals surface area contributed by atoms with E-state index in [1.807, 2.05) is 35.2 Å². The van der Waals surface area contributed by atoms with E-state index in [2.05, 4.69) is 24.3 Å². The molecule has 40 heavy (non-hydrogen) atoms. The summed E-state index contributed by atoms with van der Waals surface area (Å²) in [6.07, 6.45) is -8.25. The minimum atomic E-state index is -4.88. The van der Waals surface area contributed by atoms with Gasteiger partial charge in [0.2, 0.25) is 0 Å². The maximum atomic E-state index is 13.5. The molecule has 0 unspecified atom stereocenters. The summed E-state index contributed by atoms with van der Waals surface area (Å²) in [4.78, 5) is 14.9. The van der Waals surface area contributed by atoms with Crippen LogP contribution in [0.1, 0.15) is 53.1 Å². The third-order valence-corrected chi connectivity index (χ3v) is 7.00. The van der Waals surface area contributed by atoms with Crippen LogP contribution in [0.5, 0.6) is 0 Å². The number of carbonyl (C=O) groups is 1. The smallest absolute Gasteiger partial charge is 0.350 e. The molecule has 1 atom stereocenters. The molecule has 2 aromatic carbocycles. The molecule has 1 saturated heterocycles. The van der Waals surface area contributed by atoms with Gasteiger partial charge >= 0.3 is 12.4 Å². The molecule has 1 aromatic heterocycles. The summed E-state index contributed by atoms with van der Waals surface area (Å²) in [6.45, 7) is 6.05. The van der Waals surface area contributed by atoms with Crippen molar-refractivity contribution in [2.45, 2.75) is 45.5 Å². The Bertz CT molecular complexity index is 1300. The number of para-hydroxylation sites is 1. The highest BCUT2D eigenvalue weighted by Gasteiger charge is 2.38. The third kappa shape index (κ3) is 7.44. The number of benzene rings is 2. The number of amides is 1. The van der Waals surface area contributed by atoms with Gasteiger partial charge in [-0.15, -0.1) is 0 Å². The van der Waals surface area contributed by atoms with Crippen molar-refractivity contribution >= 4 is 5.91 Å². The molecule has 2 heterocycles. The molecule has 1 fully saturated rings. The van der Waals surface area contributed by atoms with Gasteiger partial charge < -0.3 is 10.2 Å². The van der Waals surface area contributed by atoms with Crippen molar-refractivity contribution in [3.05, 3.63) is 82.7 Å². The number of hydrogen-bond acceptors (Lipinski definition) is 3. The lowest BCUT2D eigenvalue weighted by atomic mass is 10.0. The topological polar surface area (TPSA) is 50.2 Å². The zero-order valence-corrected chi connectivity index (χ0v) is 22.3. The van der Waals surface area contributed by atoms with Crippen molar-refractivity contribution in [1.82, 2.24) is 20.0 Å². The van der Waals surface area contributed by atoms with Gasteiger partial charge in [-0.25, -0.2) is 4.68 Å². The molecule has 0 saturated carbocycles. The van der Waals surface area contributed by atoms with Crippen LogP contribution in [0.15, 0.2) is 54.6 Å². The summed E-state index contributed by atoms with van der Waals surface area (Å²) in [5, 5.41) is 7.47. The van der Waals surface area contributed by atoms with E-state index in [1.165, 1.54) is 0 Å². The molecular formula is C29H32F6N4O. The minimum Gasteiger partial charge on any atom is -0.350 e. The summed E-state index contributed by atoms with van der Waals surface area (Å²) in [5.74, 6) is 0.178. The maximum Gasteiger partial charge on any atom is 0.416 e. The van der Waals surface area contributed by atoms with Gasteiger partial charge in [-0.1, -0.05) is 38.1 Å². The van der Waals surface area contributed by atoms with Gasteiger partial charge in [-0.05, 0) is 73.5 Å². The number of nitrogens with zero attached hydrogens (tertiary/aromatic N) is 3. The molecular weight excluding hydrogens is 534 g/mol. The fourth-order valence-electron chi connectivity index (χ4n) is 5.01. The van der Waals surface area contributed by atoms with Crippen molar-refractivity contribution in [2.75, 3.05) is 26.2 Å². The summed E-state index contributed by atoms with van der Waals surface area (Å²) in [5.41, 5.74) is -0.618. The SMILES string of the molecule is CC(C)Cc1cc(C(=O)NC[C@H]2CCN(CCc3ccc(C(F)(F)F)cc3C(F)(F)F)C2)nn1-c1ccccc1.